The number of hydrogen-bond donors (Lipinski definition) is 0. The second-order valence-electron chi connectivity index (χ2n) is 16.4. The first-order valence-electron chi connectivity index (χ1n) is 19.0. The Labute approximate surface area is 301 Å². The van der Waals surface area contributed by atoms with E-state index in [4.69, 9.17) is 0 Å². The predicted molar refractivity (Wildman–Crippen MR) is 212 cm³/mol. The van der Waals surface area contributed by atoms with E-state index in [0.29, 0.717) is 0 Å². The molecule has 0 N–H and O–H groups in total. The zero-order chi connectivity index (χ0) is 33.6. The molecule has 0 spiro atoms. The fourth-order valence-corrected chi connectivity index (χ4v) is 12.1. The molecule has 3 heteroatoms. The Morgan fingerprint density at radius 1 is 0.608 bits per heavy atom. The van der Waals surface area contributed by atoms with Crippen molar-refractivity contribution in [3.63, 3.8) is 0 Å². The van der Waals surface area contributed by atoms with Crippen LogP contribution in [0, 0.1) is 24.7 Å². The number of para-hydroxylation sites is 1. The third-order valence-electron chi connectivity index (χ3n) is 13.7. The molecule has 12 rings (SSSR count). The Hall–Kier alpha value is -5.28. The average Bonchev–Trinajstić information content (AvgIpc) is 3.14. The molecular formula is C48H39BN2. The summed E-state index contributed by atoms with van der Waals surface area (Å²) in [7, 11) is 0. The highest BCUT2D eigenvalue weighted by molar-refractivity contribution is 7.01. The van der Waals surface area contributed by atoms with E-state index in [2.05, 4.69) is 169 Å². The molecule has 3 aliphatic heterocycles. The van der Waals surface area contributed by atoms with Crippen molar-refractivity contribution in [1.82, 2.24) is 0 Å². The monoisotopic (exact) mass is 654 g/mol. The van der Waals surface area contributed by atoms with Crippen LogP contribution in [0.3, 0.4) is 0 Å². The molecule has 2 fully saturated rings. The van der Waals surface area contributed by atoms with E-state index in [-0.39, 0.29) is 12.3 Å². The quantitative estimate of drug-likeness (QED) is 0.138. The summed E-state index contributed by atoms with van der Waals surface area (Å²) in [6.07, 6.45) is 6.63. The van der Waals surface area contributed by atoms with Crippen LogP contribution in [-0.4, -0.2) is 12.3 Å². The summed E-state index contributed by atoms with van der Waals surface area (Å²) < 4.78 is 0. The zero-order valence-electron chi connectivity index (χ0n) is 29.2. The van der Waals surface area contributed by atoms with Gasteiger partial charge in [-0.05, 0) is 131 Å². The molecule has 6 aliphatic rings. The standard InChI is InChI=1S/C48H39BN2/c1-30-24-41-46-42(25-30)51(47(2)28-32-26-31-27-33(29-47)43(31)32)40-23-13-21-38-45(40)49(46)44-37(20-12-22-39(44)50(41)36-18-10-5-11-19-36)48(38,34-14-6-3-7-15-34)35-16-8-4-9-17-35/h3-25,28,31,33,43H,26-27,29H2,1-2H3. The van der Waals surface area contributed by atoms with Crippen molar-refractivity contribution in [2.24, 2.45) is 17.8 Å². The molecule has 2 saturated carbocycles. The molecule has 6 aromatic carbocycles. The van der Waals surface area contributed by atoms with Crippen molar-refractivity contribution in [3.8, 4) is 0 Å². The van der Waals surface area contributed by atoms with Gasteiger partial charge >= 0.3 is 0 Å². The van der Waals surface area contributed by atoms with Crippen LogP contribution < -0.4 is 26.2 Å². The van der Waals surface area contributed by atoms with Gasteiger partial charge in [-0.1, -0.05) is 115 Å². The van der Waals surface area contributed by atoms with Crippen molar-refractivity contribution in [2.75, 3.05) is 9.80 Å². The molecule has 2 nitrogen and oxygen atoms in total. The van der Waals surface area contributed by atoms with Gasteiger partial charge in [-0.15, -0.1) is 0 Å². The summed E-state index contributed by atoms with van der Waals surface area (Å²) in [6.45, 7) is 4.99. The maximum atomic E-state index is 2.83. The number of hydrogen-bond acceptors (Lipinski definition) is 2. The molecule has 4 unspecified atom stereocenters. The van der Waals surface area contributed by atoms with Crippen LogP contribution in [0.4, 0.5) is 28.4 Å². The van der Waals surface area contributed by atoms with Gasteiger partial charge in [0.15, 0.2) is 0 Å². The van der Waals surface area contributed by atoms with Crippen molar-refractivity contribution in [1.29, 1.82) is 0 Å². The summed E-state index contributed by atoms with van der Waals surface area (Å²) in [5, 5.41) is 0. The van der Waals surface area contributed by atoms with Crippen molar-refractivity contribution >= 4 is 51.5 Å². The van der Waals surface area contributed by atoms with Gasteiger partial charge in [0.05, 0.1) is 11.0 Å². The average molecular weight is 655 g/mol. The Morgan fingerprint density at radius 2 is 1.22 bits per heavy atom. The third-order valence-corrected chi connectivity index (χ3v) is 13.7. The summed E-state index contributed by atoms with van der Waals surface area (Å²) in [5.41, 5.74) is 18.9. The van der Waals surface area contributed by atoms with Gasteiger partial charge in [0.2, 0.25) is 0 Å². The van der Waals surface area contributed by atoms with Gasteiger partial charge in [0.1, 0.15) is 0 Å². The lowest BCUT2D eigenvalue weighted by Crippen LogP contribution is -2.70. The molecule has 4 atom stereocenters. The number of rotatable bonds is 4. The second-order valence-corrected chi connectivity index (χ2v) is 16.4. The number of anilines is 5. The minimum Gasteiger partial charge on any atom is -0.333 e. The number of nitrogens with zero attached hydrogens (tertiary/aromatic N) is 2. The lowest BCUT2D eigenvalue weighted by atomic mass is 9.27. The van der Waals surface area contributed by atoms with E-state index in [9.17, 15) is 0 Å². The van der Waals surface area contributed by atoms with Crippen LogP contribution in [0.5, 0.6) is 0 Å². The van der Waals surface area contributed by atoms with Crippen molar-refractivity contribution < 1.29 is 0 Å². The van der Waals surface area contributed by atoms with Gasteiger partial charge in [-0.2, -0.15) is 0 Å². The maximum Gasteiger partial charge on any atom is 0.252 e. The van der Waals surface area contributed by atoms with Crippen LogP contribution in [0.15, 0.2) is 151 Å². The Bertz CT molecular complexity index is 2430. The van der Waals surface area contributed by atoms with Crippen LogP contribution in [0.1, 0.15) is 54.0 Å². The van der Waals surface area contributed by atoms with E-state index >= 15 is 0 Å². The molecule has 6 aromatic rings. The summed E-state index contributed by atoms with van der Waals surface area (Å²) >= 11 is 0. The van der Waals surface area contributed by atoms with Crippen LogP contribution >= 0.6 is 0 Å². The molecule has 3 heterocycles. The highest BCUT2D eigenvalue weighted by atomic mass is 15.2. The first-order valence-corrected chi connectivity index (χ1v) is 19.0. The van der Waals surface area contributed by atoms with Gasteiger partial charge in [0, 0.05) is 28.4 Å². The van der Waals surface area contributed by atoms with Gasteiger partial charge < -0.3 is 9.80 Å². The first-order chi connectivity index (χ1) is 25.1. The number of benzene rings is 6. The highest BCUT2D eigenvalue weighted by Crippen LogP contribution is 2.64. The summed E-state index contributed by atoms with van der Waals surface area (Å²) in [6, 6.07) is 53.2. The van der Waals surface area contributed by atoms with E-state index in [1.54, 1.807) is 5.57 Å². The van der Waals surface area contributed by atoms with Gasteiger partial charge in [-0.25, -0.2) is 0 Å². The minimum absolute atomic E-state index is 0.111. The fourth-order valence-electron chi connectivity index (χ4n) is 12.1. The summed E-state index contributed by atoms with van der Waals surface area (Å²) in [5.74, 6) is 2.59. The molecule has 0 bridgehead atoms. The molecule has 51 heavy (non-hydrogen) atoms. The Kier molecular flexibility index (Phi) is 5.43. The molecular weight excluding hydrogens is 615 g/mol. The molecule has 0 aromatic heterocycles. The topological polar surface area (TPSA) is 6.48 Å². The highest BCUT2D eigenvalue weighted by Gasteiger charge is 2.59. The number of aryl methyl sites for hydroxylation is 1. The van der Waals surface area contributed by atoms with Crippen LogP contribution in [0.25, 0.3) is 0 Å². The molecule has 3 aliphatic carbocycles. The van der Waals surface area contributed by atoms with Crippen molar-refractivity contribution in [3.05, 3.63) is 179 Å². The fraction of sp³-hybridized carbons (Fsp3) is 0.208. The van der Waals surface area contributed by atoms with E-state index in [1.807, 2.05) is 0 Å². The van der Waals surface area contributed by atoms with Gasteiger partial charge in [-0.3, -0.25) is 0 Å². The van der Waals surface area contributed by atoms with Crippen LogP contribution in [-0.2, 0) is 5.41 Å². The Morgan fingerprint density at radius 3 is 1.86 bits per heavy atom. The smallest absolute Gasteiger partial charge is 0.252 e. The van der Waals surface area contributed by atoms with E-state index in [1.165, 1.54) is 91.9 Å². The first kappa shape index (κ1) is 28.4. The molecule has 0 saturated heterocycles. The third kappa shape index (κ3) is 3.41. The predicted octanol–water partition coefficient (Wildman–Crippen LogP) is 9.19. The molecule has 244 valence electrons. The van der Waals surface area contributed by atoms with Crippen molar-refractivity contribution in [2.45, 2.75) is 44.1 Å². The molecule has 0 amide bonds. The van der Waals surface area contributed by atoms with Crippen LogP contribution in [0.2, 0.25) is 0 Å². The minimum atomic E-state index is -0.490. The van der Waals surface area contributed by atoms with E-state index < -0.39 is 5.41 Å². The zero-order valence-corrected chi connectivity index (χ0v) is 29.2. The largest absolute Gasteiger partial charge is 0.333 e. The summed E-state index contributed by atoms with van der Waals surface area (Å²) in [4.78, 5) is 5.41. The maximum absolute atomic E-state index is 2.83. The lowest BCUT2D eigenvalue weighted by Gasteiger charge is -2.63. The Balaban J connectivity index is 1.26. The lowest BCUT2D eigenvalue weighted by molar-refractivity contribution is 0.00878. The van der Waals surface area contributed by atoms with E-state index in [0.717, 1.165) is 17.8 Å². The molecule has 0 radical (unpaired) electrons. The normalized spacial score (nSPS) is 24.9. The second kappa shape index (κ2) is 9.73. The van der Waals surface area contributed by atoms with Gasteiger partial charge in [0.25, 0.3) is 6.71 Å². The number of allylic oxidation sites excluding steroid dienone is 1. The SMILES string of the molecule is Cc1cc2c3c(c1)N(C1(C)C=C4CC5CC(C1)C45)c1cccc4c1B3c1c(cccc1C4(c1ccccc1)c1ccccc1)N2c1ccccc1.